The van der Waals surface area contributed by atoms with Crippen LogP contribution in [0.5, 0.6) is 0 Å². The standard InChI is InChI=1S/C7H12BFO4/c1-11-3-7(9)5(12-2)4(10)6(8)13-7/h4-6,10H,3H2,1-2H3/t4-,5?,6+,7+/m0/s1. The van der Waals surface area contributed by atoms with Crippen molar-refractivity contribution in [2.45, 2.75) is 24.1 Å². The minimum Gasteiger partial charge on any atom is -0.388 e. The molecular formula is C7H12BFO4. The number of aliphatic hydroxyl groups excluding tert-OH is 1. The average Bonchev–Trinajstić information content (AvgIpc) is 2.24. The fraction of sp³-hybridized carbons (Fsp3) is 1.00. The van der Waals surface area contributed by atoms with Crippen LogP contribution in [0.4, 0.5) is 4.39 Å². The van der Waals surface area contributed by atoms with Gasteiger partial charge in [0.15, 0.2) is 0 Å². The lowest BCUT2D eigenvalue weighted by Crippen LogP contribution is -2.44. The van der Waals surface area contributed by atoms with Crippen molar-refractivity contribution < 1.29 is 23.7 Å². The molecule has 6 heteroatoms. The van der Waals surface area contributed by atoms with Crippen molar-refractivity contribution in [3.05, 3.63) is 0 Å². The van der Waals surface area contributed by atoms with Crippen LogP contribution in [0.15, 0.2) is 0 Å². The molecule has 2 radical (unpaired) electrons. The van der Waals surface area contributed by atoms with Gasteiger partial charge in [-0.15, -0.1) is 0 Å². The zero-order chi connectivity index (χ0) is 10.1. The Morgan fingerprint density at radius 3 is 2.69 bits per heavy atom. The molecule has 0 amide bonds. The monoisotopic (exact) mass is 190 g/mol. The van der Waals surface area contributed by atoms with Crippen LogP contribution in [0.3, 0.4) is 0 Å². The highest BCUT2D eigenvalue weighted by molar-refractivity contribution is 6.11. The molecule has 1 fully saturated rings. The number of methoxy groups -OCH3 is 2. The van der Waals surface area contributed by atoms with Gasteiger partial charge in [0.2, 0.25) is 0 Å². The summed E-state index contributed by atoms with van der Waals surface area (Å²) in [6.07, 6.45) is -2.28. The van der Waals surface area contributed by atoms with E-state index in [2.05, 4.69) is 4.74 Å². The molecule has 1 N–H and O–H groups in total. The SMILES string of the molecule is [B][C@@H]1O[C@](F)(COC)C(OC)[C@@H]1O. The topological polar surface area (TPSA) is 47.9 Å². The van der Waals surface area contributed by atoms with Crippen LogP contribution in [0.2, 0.25) is 0 Å². The second-order valence-electron chi connectivity index (χ2n) is 2.95. The maximum Gasteiger partial charge on any atom is 0.261 e. The summed E-state index contributed by atoms with van der Waals surface area (Å²) in [4.78, 5) is 0. The zero-order valence-electron chi connectivity index (χ0n) is 7.57. The van der Waals surface area contributed by atoms with Crippen molar-refractivity contribution in [2.24, 2.45) is 0 Å². The molecule has 0 spiro atoms. The van der Waals surface area contributed by atoms with Crippen molar-refractivity contribution in [1.29, 1.82) is 0 Å². The Hall–Kier alpha value is -0.165. The normalized spacial score (nSPS) is 45.4. The highest BCUT2D eigenvalue weighted by Gasteiger charge is 2.54. The van der Waals surface area contributed by atoms with Crippen LogP contribution in [0.25, 0.3) is 0 Å². The molecule has 13 heavy (non-hydrogen) atoms. The molecule has 1 heterocycles. The molecule has 1 rings (SSSR count). The minimum atomic E-state index is -2.16. The number of hydrogen-bond acceptors (Lipinski definition) is 4. The Morgan fingerprint density at radius 1 is 1.62 bits per heavy atom. The summed E-state index contributed by atoms with van der Waals surface area (Å²) < 4.78 is 27.8. The minimum absolute atomic E-state index is 0.323. The molecule has 0 aromatic carbocycles. The summed E-state index contributed by atoms with van der Waals surface area (Å²) in [6, 6.07) is -1.08. The van der Waals surface area contributed by atoms with E-state index in [4.69, 9.17) is 17.3 Å². The van der Waals surface area contributed by atoms with Gasteiger partial charge in [0.1, 0.15) is 26.7 Å². The molecule has 1 aliphatic heterocycles. The van der Waals surface area contributed by atoms with E-state index in [-0.39, 0.29) is 6.61 Å². The van der Waals surface area contributed by atoms with E-state index in [0.717, 1.165) is 0 Å². The molecule has 74 valence electrons. The summed E-state index contributed by atoms with van der Waals surface area (Å²) >= 11 is 0. The van der Waals surface area contributed by atoms with E-state index in [1.54, 1.807) is 0 Å². The number of ether oxygens (including phenoxy) is 3. The molecule has 0 aromatic heterocycles. The highest BCUT2D eigenvalue weighted by Crippen LogP contribution is 2.33. The van der Waals surface area contributed by atoms with Gasteiger partial charge in [0.25, 0.3) is 5.85 Å². The molecule has 4 atom stereocenters. The predicted octanol–water partition coefficient (Wildman–Crippen LogP) is -0.801. The number of halogens is 1. The largest absolute Gasteiger partial charge is 0.388 e. The molecule has 1 saturated heterocycles. The molecular weight excluding hydrogens is 178 g/mol. The van der Waals surface area contributed by atoms with E-state index in [1.807, 2.05) is 0 Å². The van der Waals surface area contributed by atoms with E-state index < -0.39 is 24.1 Å². The van der Waals surface area contributed by atoms with Gasteiger partial charge in [-0.1, -0.05) is 0 Å². The van der Waals surface area contributed by atoms with Crippen molar-refractivity contribution in [3.63, 3.8) is 0 Å². The van der Waals surface area contributed by atoms with Gasteiger partial charge in [-0.05, 0) is 0 Å². The second kappa shape index (κ2) is 3.92. The summed E-state index contributed by atoms with van der Waals surface area (Å²) in [5.41, 5.74) is 0. The summed E-state index contributed by atoms with van der Waals surface area (Å²) in [5.74, 6) is -2.16. The van der Waals surface area contributed by atoms with Crippen LogP contribution in [-0.4, -0.2) is 57.8 Å². The first-order valence-electron chi connectivity index (χ1n) is 3.87. The third kappa shape index (κ3) is 1.86. The third-order valence-electron chi connectivity index (χ3n) is 2.00. The van der Waals surface area contributed by atoms with Crippen LogP contribution in [0, 0.1) is 0 Å². The van der Waals surface area contributed by atoms with E-state index in [9.17, 15) is 9.50 Å². The Balaban J connectivity index is 2.74. The third-order valence-corrected chi connectivity index (χ3v) is 2.00. The number of hydrogen-bond donors (Lipinski definition) is 1. The zero-order valence-corrected chi connectivity index (χ0v) is 7.57. The quantitative estimate of drug-likeness (QED) is 0.591. The Labute approximate surface area is 77.4 Å². The summed E-state index contributed by atoms with van der Waals surface area (Å²) in [5, 5.41) is 9.35. The van der Waals surface area contributed by atoms with Crippen LogP contribution < -0.4 is 0 Å². The van der Waals surface area contributed by atoms with Crippen LogP contribution in [-0.2, 0) is 14.2 Å². The molecule has 4 nitrogen and oxygen atoms in total. The highest BCUT2D eigenvalue weighted by atomic mass is 19.2. The first-order chi connectivity index (χ1) is 6.05. The van der Waals surface area contributed by atoms with Gasteiger partial charge in [-0.25, -0.2) is 4.39 Å². The van der Waals surface area contributed by atoms with Gasteiger partial charge in [-0.2, -0.15) is 0 Å². The van der Waals surface area contributed by atoms with Crippen LogP contribution >= 0.6 is 0 Å². The number of rotatable bonds is 3. The fourth-order valence-corrected chi connectivity index (χ4v) is 1.42. The Kier molecular flexibility index (Phi) is 3.29. The first-order valence-corrected chi connectivity index (χ1v) is 3.87. The van der Waals surface area contributed by atoms with Crippen molar-refractivity contribution in [1.82, 2.24) is 0 Å². The molecule has 0 bridgehead atoms. The lowest BCUT2D eigenvalue weighted by atomic mass is 9.93. The van der Waals surface area contributed by atoms with Gasteiger partial charge in [0, 0.05) is 20.2 Å². The molecule has 1 unspecified atom stereocenters. The maximum absolute atomic E-state index is 13.8. The maximum atomic E-state index is 13.8. The number of aliphatic hydroxyl groups is 1. The van der Waals surface area contributed by atoms with Gasteiger partial charge in [-0.3, -0.25) is 0 Å². The van der Waals surface area contributed by atoms with Gasteiger partial charge < -0.3 is 19.3 Å². The lowest BCUT2D eigenvalue weighted by Gasteiger charge is -2.24. The van der Waals surface area contributed by atoms with E-state index in [0.29, 0.717) is 0 Å². The predicted molar refractivity (Wildman–Crippen MR) is 43.1 cm³/mol. The second-order valence-corrected chi connectivity index (χ2v) is 2.95. The van der Waals surface area contributed by atoms with Crippen LogP contribution in [0.1, 0.15) is 0 Å². The van der Waals surface area contributed by atoms with Crippen molar-refractivity contribution >= 4 is 7.85 Å². The fourth-order valence-electron chi connectivity index (χ4n) is 1.42. The molecule has 0 saturated carbocycles. The smallest absolute Gasteiger partial charge is 0.261 e. The molecule has 1 aliphatic rings. The summed E-state index contributed by atoms with van der Waals surface area (Å²) in [7, 11) is 7.91. The summed E-state index contributed by atoms with van der Waals surface area (Å²) in [6.45, 7) is -0.323. The Morgan fingerprint density at radius 2 is 2.23 bits per heavy atom. The molecule has 0 aromatic rings. The molecule has 0 aliphatic carbocycles. The van der Waals surface area contributed by atoms with Gasteiger partial charge in [0.05, 0.1) is 0 Å². The van der Waals surface area contributed by atoms with Crippen molar-refractivity contribution in [3.8, 4) is 0 Å². The van der Waals surface area contributed by atoms with Crippen molar-refractivity contribution in [2.75, 3.05) is 20.8 Å². The lowest BCUT2D eigenvalue weighted by molar-refractivity contribution is -0.199. The van der Waals surface area contributed by atoms with E-state index >= 15 is 0 Å². The number of alkyl halides is 1. The average molecular weight is 190 g/mol. The van der Waals surface area contributed by atoms with E-state index in [1.165, 1.54) is 14.2 Å². The first kappa shape index (κ1) is 10.9. The Bertz CT molecular complexity index is 182. The van der Waals surface area contributed by atoms with Gasteiger partial charge >= 0.3 is 0 Å².